The van der Waals surface area contributed by atoms with Crippen LogP contribution >= 0.6 is 0 Å². The van der Waals surface area contributed by atoms with Crippen LogP contribution in [0.3, 0.4) is 0 Å². The minimum Gasteiger partial charge on any atom is -0.345 e. The smallest absolute Gasteiger partial charge is 0.150 e. The van der Waals surface area contributed by atoms with Gasteiger partial charge in [0.2, 0.25) is 0 Å². The largest absolute Gasteiger partial charge is 0.345 e. The molecule has 1 aromatic heterocycles. The van der Waals surface area contributed by atoms with E-state index < -0.39 is 0 Å². The summed E-state index contributed by atoms with van der Waals surface area (Å²) in [7, 11) is 0. The van der Waals surface area contributed by atoms with Crippen LogP contribution in [0, 0.1) is 18.3 Å². The normalized spacial score (nSPS) is 10.5. The third-order valence-corrected chi connectivity index (χ3v) is 3.88. The van der Waals surface area contributed by atoms with Crippen LogP contribution in [0.25, 0.3) is 22.0 Å². The third kappa shape index (κ3) is 2.49. The molecule has 3 rings (SSSR count). The molecule has 1 N–H and O–H groups in total. The van der Waals surface area contributed by atoms with E-state index >= 15 is 0 Å². The van der Waals surface area contributed by atoms with Gasteiger partial charge >= 0.3 is 0 Å². The van der Waals surface area contributed by atoms with E-state index in [0.717, 1.165) is 39.4 Å². The summed E-state index contributed by atoms with van der Waals surface area (Å²) in [4.78, 5) is 18.6. The molecular weight excluding hydrogens is 274 g/mol. The SMILES string of the molecule is Cc1cc2cc(-c3cnc[nH]3)cc(C=O)c2cc1CCC#N. The highest BCUT2D eigenvalue weighted by molar-refractivity contribution is 6.01. The van der Waals surface area contributed by atoms with E-state index in [9.17, 15) is 4.79 Å². The molecule has 0 unspecified atom stereocenters. The van der Waals surface area contributed by atoms with E-state index in [1.807, 2.05) is 19.1 Å². The highest BCUT2D eigenvalue weighted by Gasteiger charge is 2.09. The Hall–Kier alpha value is -2.93. The first kappa shape index (κ1) is 14.0. The second kappa shape index (κ2) is 5.82. The van der Waals surface area contributed by atoms with Gasteiger partial charge in [0.05, 0.1) is 24.3 Å². The van der Waals surface area contributed by atoms with E-state index in [1.165, 1.54) is 0 Å². The van der Waals surface area contributed by atoms with Gasteiger partial charge in [-0.2, -0.15) is 5.26 Å². The second-order valence-corrected chi connectivity index (χ2v) is 5.31. The molecule has 108 valence electrons. The first-order chi connectivity index (χ1) is 10.7. The zero-order valence-electron chi connectivity index (χ0n) is 12.3. The quantitative estimate of drug-likeness (QED) is 0.742. The Morgan fingerprint density at radius 2 is 2.18 bits per heavy atom. The monoisotopic (exact) mass is 289 g/mol. The molecule has 4 nitrogen and oxygen atoms in total. The number of nitrogens with one attached hydrogen (secondary N) is 1. The lowest BCUT2D eigenvalue weighted by Gasteiger charge is -2.10. The number of aromatic amines is 1. The van der Waals surface area contributed by atoms with Gasteiger partial charge in [0.15, 0.2) is 6.29 Å². The summed E-state index contributed by atoms with van der Waals surface area (Å²) in [6, 6.07) is 10.2. The Morgan fingerprint density at radius 3 is 2.86 bits per heavy atom. The van der Waals surface area contributed by atoms with Crippen molar-refractivity contribution in [2.75, 3.05) is 0 Å². The number of nitrogens with zero attached hydrogens (tertiary/aromatic N) is 2. The van der Waals surface area contributed by atoms with Crippen molar-refractivity contribution in [3.63, 3.8) is 0 Å². The molecule has 0 atom stereocenters. The van der Waals surface area contributed by atoms with Gasteiger partial charge in [0, 0.05) is 17.5 Å². The van der Waals surface area contributed by atoms with Crippen molar-refractivity contribution in [1.82, 2.24) is 9.97 Å². The van der Waals surface area contributed by atoms with Crippen molar-refractivity contribution in [3.8, 4) is 17.3 Å². The van der Waals surface area contributed by atoms with Crippen LogP contribution in [-0.2, 0) is 6.42 Å². The Bertz CT molecular complexity index is 873. The lowest BCUT2D eigenvalue weighted by molar-refractivity contribution is 0.112. The fraction of sp³-hybridized carbons (Fsp3) is 0.167. The number of carbonyl (C=O) groups is 1. The van der Waals surface area contributed by atoms with Gasteiger partial charge in [-0.25, -0.2) is 4.98 Å². The summed E-state index contributed by atoms with van der Waals surface area (Å²) in [6.45, 7) is 2.04. The lowest BCUT2D eigenvalue weighted by atomic mass is 9.94. The molecule has 0 aliphatic carbocycles. The molecule has 0 saturated heterocycles. The average molecular weight is 289 g/mol. The summed E-state index contributed by atoms with van der Waals surface area (Å²) in [6.07, 6.45) is 5.43. The van der Waals surface area contributed by atoms with Crippen LogP contribution in [0.5, 0.6) is 0 Å². The van der Waals surface area contributed by atoms with Crippen molar-refractivity contribution in [2.45, 2.75) is 19.8 Å². The van der Waals surface area contributed by atoms with Gasteiger partial charge in [-0.15, -0.1) is 0 Å². The molecule has 2 aromatic carbocycles. The highest BCUT2D eigenvalue weighted by Crippen LogP contribution is 2.28. The molecule has 4 heteroatoms. The predicted molar refractivity (Wildman–Crippen MR) is 85.6 cm³/mol. The number of hydrogen-bond donors (Lipinski definition) is 1. The van der Waals surface area contributed by atoms with Gasteiger partial charge in [0.1, 0.15) is 0 Å². The number of aldehydes is 1. The van der Waals surface area contributed by atoms with Gasteiger partial charge in [0.25, 0.3) is 0 Å². The minimum absolute atomic E-state index is 0.481. The molecule has 0 spiro atoms. The zero-order chi connectivity index (χ0) is 15.5. The number of benzene rings is 2. The maximum absolute atomic E-state index is 11.5. The number of rotatable bonds is 4. The second-order valence-electron chi connectivity index (χ2n) is 5.31. The lowest BCUT2D eigenvalue weighted by Crippen LogP contribution is -1.93. The van der Waals surface area contributed by atoms with Gasteiger partial charge in [-0.3, -0.25) is 4.79 Å². The van der Waals surface area contributed by atoms with Crippen LogP contribution in [0.2, 0.25) is 0 Å². The molecule has 22 heavy (non-hydrogen) atoms. The fourth-order valence-corrected chi connectivity index (χ4v) is 2.73. The van der Waals surface area contributed by atoms with E-state index in [1.54, 1.807) is 12.5 Å². The summed E-state index contributed by atoms with van der Waals surface area (Å²) in [5.74, 6) is 0. The van der Waals surface area contributed by atoms with Crippen LogP contribution in [-0.4, -0.2) is 16.3 Å². The molecular formula is C18H15N3O. The van der Waals surface area contributed by atoms with Gasteiger partial charge in [-0.05, 0) is 47.4 Å². The standard InChI is InChI=1S/C18H15N3O/c1-12-5-14-6-15(18-9-20-11-21-18)7-16(10-22)17(14)8-13(12)3-2-4-19/h5-11H,2-3H2,1H3,(H,20,21). The van der Waals surface area contributed by atoms with Crippen LogP contribution < -0.4 is 0 Å². The van der Waals surface area contributed by atoms with Crippen molar-refractivity contribution >= 4 is 17.1 Å². The van der Waals surface area contributed by atoms with Crippen LogP contribution in [0.15, 0.2) is 36.8 Å². The minimum atomic E-state index is 0.481. The Labute approximate surface area is 128 Å². The number of H-pyrrole nitrogens is 1. The van der Waals surface area contributed by atoms with E-state index in [4.69, 9.17) is 5.26 Å². The van der Waals surface area contributed by atoms with Crippen molar-refractivity contribution in [3.05, 3.63) is 53.5 Å². The average Bonchev–Trinajstić information content (AvgIpc) is 3.06. The first-order valence-electron chi connectivity index (χ1n) is 7.11. The first-order valence-corrected chi connectivity index (χ1v) is 7.11. The van der Waals surface area contributed by atoms with Crippen LogP contribution in [0.1, 0.15) is 27.9 Å². The number of imidazole rings is 1. The Kier molecular flexibility index (Phi) is 3.71. The number of carbonyl (C=O) groups excluding carboxylic acids is 1. The van der Waals surface area contributed by atoms with Crippen molar-refractivity contribution in [1.29, 1.82) is 5.26 Å². The molecule has 0 aliphatic rings. The summed E-state index contributed by atoms with van der Waals surface area (Å²) >= 11 is 0. The Balaban J connectivity index is 2.20. The molecule has 1 heterocycles. The summed E-state index contributed by atoms with van der Waals surface area (Å²) < 4.78 is 0. The number of aryl methyl sites for hydroxylation is 2. The van der Waals surface area contributed by atoms with E-state index in [-0.39, 0.29) is 0 Å². The van der Waals surface area contributed by atoms with Crippen LogP contribution in [0.4, 0.5) is 0 Å². The molecule has 0 fully saturated rings. The molecule has 0 radical (unpaired) electrons. The summed E-state index contributed by atoms with van der Waals surface area (Å²) in [5.41, 5.74) is 4.74. The predicted octanol–water partition coefficient (Wildman–Crippen LogP) is 3.81. The van der Waals surface area contributed by atoms with Crippen molar-refractivity contribution < 1.29 is 4.79 Å². The topological polar surface area (TPSA) is 69.5 Å². The zero-order valence-corrected chi connectivity index (χ0v) is 12.3. The molecule has 0 saturated carbocycles. The maximum Gasteiger partial charge on any atom is 0.150 e. The third-order valence-electron chi connectivity index (χ3n) is 3.88. The number of fused-ring (bicyclic) bond motifs is 1. The molecule has 3 aromatic rings. The fourth-order valence-electron chi connectivity index (χ4n) is 2.73. The van der Waals surface area contributed by atoms with E-state index in [0.29, 0.717) is 18.4 Å². The van der Waals surface area contributed by atoms with Gasteiger partial charge < -0.3 is 4.98 Å². The highest BCUT2D eigenvalue weighted by atomic mass is 16.1. The Morgan fingerprint density at radius 1 is 1.32 bits per heavy atom. The molecule has 0 amide bonds. The summed E-state index contributed by atoms with van der Waals surface area (Å²) in [5, 5.41) is 10.7. The molecule has 0 aliphatic heterocycles. The number of aromatic nitrogens is 2. The van der Waals surface area contributed by atoms with Crippen molar-refractivity contribution in [2.24, 2.45) is 0 Å². The number of nitriles is 1. The molecule has 0 bridgehead atoms. The van der Waals surface area contributed by atoms with Gasteiger partial charge in [-0.1, -0.05) is 12.1 Å². The van der Waals surface area contributed by atoms with E-state index in [2.05, 4.69) is 28.2 Å². The number of hydrogen-bond acceptors (Lipinski definition) is 3. The maximum atomic E-state index is 11.5.